The number of nitrogens with zero attached hydrogens (tertiary/aromatic N) is 1. The second kappa shape index (κ2) is 8.12. The second-order valence-electron chi connectivity index (χ2n) is 4.54. The Kier molecular flexibility index (Phi) is 6.18. The molecule has 0 radical (unpaired) electrons. The van der Waals surface area contributed by atoms with Gasteiger partial charge in [0, 0.05) is 15.0 Å². The van der Waals surface area contributed by atoms with Gasteiger partial charge in [-0.25, -0.2) is 0 Å². The molecule has 0 bridgehead atoms. The lowest BCUT2D eigenvalue weighted by atomic mass is 10.2. The maximum Gasteiger partial charge on any atom is 0.235 e. The number of methoxy groups -OCH3 is 1. The Bertz CT molecular complexity index is 730. The van der Waals surface area contributed by atoms with Crippen molar-refractivity contribution in [3.63, 3.8) is 0 Å². The zero-order valence-electron chi connectivity index (χ0n) is 12.2. The molecule has 2 rings (SSSR count). The summed E-state index contributed by atoms with van der Waals surface area (Å²) >= 11 is 6.77. The summed E-state index contributed by atoms with van der Waals surface area (Å²) < 4.78 is 12.8. The van der Waals surface area contributed by atoms with E-state index in [1.807, 2.05) is 24.3 Å². The van der Waals surface area contributed by atoms with Crippen LogP contribution in [0.15, 0.2) is 51.5 Å². The van der Waals surface area contributed by atoms with Crippen molar-refractivity contribution in [2.45, 2.75) is 6.61 Å². The van der Waals surface area contributed by atoms with Crippen LogP contribution in [-0.2, 0) is 6.61 Å². The Morgan fingerprint density at radius 3 is 2.48 bits per heavy atom. The molecule has 0 fully saturated rings. The molecule has 5 nitrogen and oxygen atoms in total. The van der Waals surface area contributed by atoms with Crippen molar-refractivity contribution in [3.8, 4) is 11.5 Å². The standard InChI is InChI=1S/C16H13Br2NO4/c1-22-15-8-12(6-7-19(20)21)14(18)9-16(15)23-10-11-2-4-13(17)5-3-11/h2-9H,10H2,1H3. The number of ether oxygens (including phenoxy) is 2. The molecule has 0 N–H and O–H groups in total. The minimum absolute atomic E-state index is 0.389. The molecule has 0 aromatic heterocycles. The van der Waals surface area contributed by atoms with Crippen LogP contribution in [0.4, 0.5) is 0 Å². The highest BCUT2D eigenvalue weighted by Crippen LogP contribution is 2.34. The first-order valence-corrected chi connectivity index (χ1v) is 8.14. The Hall–Kier alpha value is -1.86. The zero-order chi connectivity index (χ0) is 16.8. The fraction of sp³-hybridized carbons (Fsp3) is 0.125. The predicted molar refractivity (Wildman–Crippen MR) is 95.2 cm³/mol. The highest BCUT2D eigenvalue weighted by Gasteiger charge is 2.10. The van der Waals surface area contributed by atoms with Crippen LogP contribution in [-0.4, -0.2) is 12.0 Å². The Balaban J connectivity index is 2.19. The van der Waals surface area contributed by atoms with Gasteiger partial charge in [0.2, 0.25) is 6.20 Å². The topological polar surface area (TPSA) is 61.6 Å². The highest BCUT2D eigenvalue weighted by atomic mass is 79.9. The molecule has 7 heteroatoms. The minimum atomic E-state index is -0.517. The van der Waals surface area contributed by atoms with Gasteiger partial charge in [0.25, 0.3) is 0 Å². The number of nitro groups is 1. The van der Waals surface area contributed by atoms with Gasteiger partial charge < -0.3 is 9.47 Å². The molecule has 0 aliphatic carbocycles. The third-order valence-corrected chi connectivity index (χ3v) is 4.18. The summed E-state index contributed by atoms with van der Waals surface area (Å²) in [5.41, 5.74) is 1.65. The molecule has 0 aliphatic rings. The molecule has 0 aliphatic heterocycles. The summed E-state index contributed by atoms with van der Waals surface area (Å²) in [5, 5.41) is 10.4. The molecular weight excluding hydrogens is 430 g/mol. The maximum atomic E-state index is 10.4. The van der Waals surface area contributed by atoms with Gasteiger partial charge in [-0.2, -0.15) is 0 Å². The van der Waals surface area contributed by atoms with E-state index in [-0.39, 0.29) is 0 Å². The fourth-order valence-electron chi connectivity index (χ4n) is 1.83. The second-order valence-corrected chi connectivity index (χ2v) is 6.31. The summed E-state index contributed by atoms with van der Waals surface area (Å²) in [7, 11) is 1.52. The van der Waals surface area contributed by atoms with Gasteiger partial charge in [-0.05, 0) is 35.4 Å². The Labute approximate surface area is 150 Å². The van der Waals surface area contributed by atoms with Crippen LogP contribution in [0, 0.1) is 10.1 Å². The van der Waals surface area contributed by atoms with E-state index in [2.05, 4.69) is 31.9 Å². The summed E-state index contributed by atoms with van der Waals surface area (Å²) in [4.78, 5) is 9.92. The van der Waals surface area contributed by atoms with Gasteiger partial charge >= 0.3 is 0 Å². The maximum absolute atomic E-state index is 10.4. The molecule has 0 heterocycles. The van der Waals surface area contributed by atoms with E-state index in [1.54, 1.807) is 12.1 Å². The summed E-state index contributed by atoms with van der Waals surface area (Å²) in [6, 6.07) is 11.2. The van der Waals surface area contributed by atoms with Crippen LogP contribution in [0.25, 0.3) is 6.08 Å². The molecule has 23 heavy (non-hydrogen) atoms. The van der Waals surface area contributed by atoms with E-state index in [0.717, 1.165) is 16.2 Å². The van der Waals surface area contributed by atoms with Gasteiger partial charge in [0.1, 0.15) is 6.61 Å². The number of hydrogen-bond donors (Lipinski definition) is 0. The van der Waals surface area contributed by atoms with E-state index < -0.39 is 4.92 Å². The van der Waals surface area contributed by atoms with Gasteiger partial charge in [-0.15, -0.1) is 0 Å². The first kappa shape index (κ1) is 17.5. The zero-order valence-corrected chi connectivity index (χ0v) is 15.3. The Morgan fingerprint density at radius 2 is 1.87 bits per heavy atom. The third kappa shape index (κ3) is 5.07. The number of hydrogen-bond acceptors (Lipinski definition) is 4. The van der Waals surface area contributed by atoms with Gasteiger partial charge in [-0.3, -0.25) is 10.1 Å². The van der Waals surface area contributed by atoms with Crippen LogP contribution < -0.4 is 9.47 Å². The van der Waals surface area contributed by atoms with Crippen LogP contribution in [0.1, 0.15) is 11.1 Å². The van der Waals surface area contributed by atoms with E-state index >= 15 is 0 Å². The molecular formula is C16H13Br2NO4. The van der Waals surface area contributed by atoms with Crippen molar-refractivity contribution >= 4 is 37.9 Å². The predicted octanol–water partition coefficient (Wildman–Crippen LogP) is 5.05. The van der Waals surface area contributed by atoms with E-state index in [4.69, 9.17) is 9.47 Å². The van der Waals surface area contributed by atoms with Crippen molar-refractivity contribution in [1.82, 2.24) is 0 Å². The summed E-state index contributed by atoms with van der Waals surface area (Å²) in [5.74, 6) is 1.06. The number of rotatable bonds is 6. The lowest BCUT2D eigenvalue weighted by molar-refractivity contribution is -0.400. The molecule has 0 amide bonds. The Morgan fingerprint density at radius 1 is 1.17 bits per heavy atom. The van der Waals surface area contributed by atoms with Gasteiger partial charge in [0.05, 0.1) is 12.0 Å². The van der Waals surface area contributed by atoms with Crippen molar-refractivity contribution in [2.75, 3.05) is 7.11 Å². The normalized spacial score (nSPS) is 10.7. The summed E-state index contributed by atoms with van der Waals surface area (Å²) in [6.45, 7) is 0.389. The molecule has 0 spiro atoms. The lowest BCUT2D eigenvalue weighted by Gasteiger charge is -2.12. The minimum Gasteiger partial charge on any atom is -0.493 e. The van der Waals surface area contributed by atoms with E-state index in [0.29, 0.717) is 28.1 Å². The van der Waals surface area contributed by atoms with Gasteiger partial charge in [0.15, 0.2) is 11.5 Å². The van der Waals surface area contributed by atoms with Crippen molar-refractivity contribution < 1.29 is 14.4 Å². The lowest BCUT2D eigenvalue weighted by Crippen LogP contribution is -1.98. The molecule has 0 saturated heterocycles. The monoisotopic (exact) mass is 441 g/mol. The van der Waals surface area contributed by atoms with Crippen LogP contribution >= 0.6 is 31.9 Å². The SMILES string of the molecule is COc1cc(C=C[N+](=O)[O-])c(Br)cc1OCc1ccc(Br)cc1. The van der Waals surface area contributed by atoms with Gasteiger partial charge in [-0.1, -0.05) is 44.0 Å². The quantitative estimate of drug-likeness (QED) is 0.464. The summed E-state index contributed by atoms with van der Waals surface area (Å²) in [6.07, 6.45) is 2.27. The largest absolute Gasteiger partial charge is 0.493 e. The molecule has 0 atom stereocenters. The third-order valence-electron chi connectivity index (χ3n) is 2.97. The molecule has 2 aromatic rings. The van der Waals surface area contributed by atoms with Crippen LogP contribution in [0.5, 0.6) is 11.5 Å². The van der Waals surface area contributed by atoms with Crippen molar-refractivity contribution in [2.24, 2.45) is 0 Å². The number of halogens is 2. The molecule has 0 unspecified atom stereocenters. The average Bonchev–Trinajstić information content (AvgIpc) is 2.53. The smallest absolute Gasteiger partial charge is 0.235 e. The average molecular weight is 443 g/mol. The van der Waals surface area contributed by atoms with Crippen molar-refractivity contribution in [1.29, 1.82) is 0 Å². The van der Waals surface area contributed by atoms with E-state index in [1.165, 1.54) is 13.2 Å². The van der Waals surface area contributed by atoms with Crippen LogP contribution in [0.2, 0.25) is 0 Å². The van der Waals surface area contributed by atoms with Crippen LogP contribution in [0.3, 0.4) is 0 Å². The molecule has 2 aromatic carbocycles. The fourth-order valence-corrected chi connectivity index (χ4v) is 2.55. The first-order valence-electron chi connectivity index (χ1n) is 6.56. The van der Waals surface area contributed by atoms with Crippen molar-refractivity contribution in [3.05, 3.63) is 72.8 Å². The number of benzene rings is 2. The molecule has 120 valence electrons. The molecule has 0 saturated carbocycles. The first-order chi connectivity index (χ1) is 11.0. The highest BCUT2D eigenvalue weighted by molar-refractivity contribution is 9.10. The van der Waals surface area contributed by atoms with E-state index in [9.17, 15) is 10.1 Å².